The summed E-state index contributed by atoms with van der Waals surface area (Å²) in [5.74, 6) is -0.185. The molecule has 0 spiro atoms. The van der Waals surface area contributed by atoms with Gasteiger partial charge in [-0.15, -0.1) is 0 Å². The Balaban J connectivity index is 1.49. The largest absolute Gasteiger partial charge is 0.465 e. The number of carbonyl (C=O) groups is 2. The Morgan fingerprint density at radius 3 is 2.12 bits per heavy atom. The molecule has 3 aromatic rings. The lowest BCUT2D eigenvalue weighted by Gasteiger charge is -2.28. The Kier molecular flexibility index (Phi) is 21.8. The molecular formula is C42H67N6O7P. The van der Waals surface area contributed by atoms with E-state index in [1.807, 2.05) is 27.7 Å². The van der Waals surface area contributed by atoms with E-state index < -0.39 is 25.6 Å². The van der Waals surface area contributed by atoms with Crippen LogP contribution in [-0.2, 0) is 30.2 Å². The fourth-order valence-corrected chi connectivity index (χ4v) is 7.95. The van der Waals surface area contributed by atoms with Gasteiger partial charge in [-0.2, -0.15) is 0 Å². The van der Waals surface area contributed by atoms with Crippen LogP contribution in [-0.4, -0.2) is 56.6 Å². The molecule has 0 saturated carbocycles. The van der Waals surface area contributed by atoms with Crippen molar-refractivity contribution in [2.24, 2.45) is 5.92 Å². The van der Waals surface area contributed by atoms with Crippen LogP contribution >= 0.6 is 7.52 Å². The molecule has 0 bridgehead atoms. The normalized spacial score (nSPS) is 13.9. The smallest absolute Gasteiger partial charge is 0.342 e. The van der Waals surface area contributed by atoms with E-state index in [0.717, 1.165) is 44.9 Å². The van der Waals surface area contributed by atoms with Gasteiger partial charge in [-0.1, -0.05) is 97.6 Å². The van der Waals surface area contributed by atoms with Crippen molar-refractivity contribution >= 4 is 36.4 Å². The van der Waals surface area contributed by atoms with E-state index in [2.05, 4.69) is 39.1 Å². The summed E-state index contributed by atoms with van der Waals surface area (Å²) in [6, 6.07) is 5.43. The van der Waals surface area contributed by atoms with Gasteiger partial charge in [-0.05, 0) is 75.6 Å². The molecule has 312 valence electrons. The molecule has 3 rings (SSSR count). The predicted octanol–water partition coefficient (Wildman–Crippen LogP) is 9.94. The quantitative estimate of drug-likeness (QED) is 0.0215. The lowest BCUT2D eigenvalue weighted by Crippen LogP contribution is -2.42. The second-order valence-corrected chi connectivity index (χ2v) is 16.9. The van der Waals surface area contributed by atoms with Crippen molar-refractivity contribution in [3.63, 3.8) is 0 Å². The molecule has 0 fully saturated rings. The third-order valence-corrected chi connectivity index (χ3v) is 11.0. The Hall–Kier alpha value is -3.80. The standard InChI is InChI=1S/C42H67N6O7P/c1-6-8-10-11-12-13-14-15-16-17-18-19-20-21-22-23-37(49)54-35-24-26-36(27-25-35)55-56(51,47-38(33(3)4)42(50)52-28-9-7-2)32-53-34(5)29-48-31-46-39-40(43)44-30-45-41(39)48/h15-16,24-27,30-31,33-34,38H,6-14,17-23,28-29,32H2,1-5H3,(H,47,51)(H2,43,44,45)/b16-15-/t34-,38+,56?/m1/s1. The molecule has 1 aromatic carbocycles. The van der Waals surface area contributed by atoms with Gasteiger partial charge in [0.05, 0.1) is 25.6 Å². The number of unbranched alkanes of at least 4 members (excludes halogenated alkanes) is 12. The van der Waals surface area contributed by atoms with Crippen LogP contribution in [0.2, 0.25) is 0 Å². The Labute approximate surface area is 334 Å². The number of esters is 2. The zero-order valence-electron chi connectivity index (χ0n) is 34.5. The zero-order valence-corrected chi connectivity index (χ0v) is 35.4. The average molecular weight is 799 g/mol. The number of imidazole rings is 1. The van der Waals surface area contributed by atoms with Gasteiger partial charge in [-0.25, -0.2) is 20.0 Å². The van der Waals surface area contributed by atoms with Crippen LogP contribution in [0.1, 0.15) is 137 Å². The highest BCUT2D eigenvalue weighted by molar-refractivity contribution is 7.57. The minimum absolute atomic E-state index is 0.253. The highest BCUT2D eigenvalue weighted by Crippen LogP contribution is 2.45. The van der Waals surface area contributed by atoms with Crippen LogP contribution in [0.4, 0.5) is 5.82 Å². The topological polar surface area (TPSA) is 170 Å². The summed E-state index contributed by atoms with van der Waals surface area (Å²) in [6.07, 6.45) is 24.2. The molecular weight excluding hydrogens is 731 g/mol. The highest BCUT2D eigenvalue weighted by Gasteiger charge is 2.35. The maximum atomic E-state index is 14.5. The molecule has 0 aliphatic carbocycles. The average Bonchev–Trinajstić information content (AvgIpc) is 3.59. The molecule has 14 heteroatoms. The molecule has 0 aliphatic heterocycles. The van der Waals surface area contributed by atoms with Gasteiger partial charge in [0.2, 0.25) is 0 Å². The molecule has 2 aromatic heterocycles. The van der Waals surface area contributed by atoms with Gasteiger partial charge in [-0.3, -0.25) is 14.2 Å². The van der Waals surface area contributed by atoms with Gasteiger partial charge in [0.25, 0.3) is 0 Å². The number of rotatable bonds is 30. The number of hydrogen-bond acceptors (Lipinski definition) is 11. The maximum Gasteiger partial charge on any atom is 0.342 e. The summed E-state index contributed by atoms with van der Waals surface area (Å²) >= 11 is 0. The minimum Gasteiger partial charge on any atom is -0.465 e. The molecule has 13 nitrogen and oxygen atoms in total. The van der Waals surface area contributed by atoms with Crippen molar-refractivity contribution in [1.82, 2.24) is 24.6 Å². The van der Waals surface area contributed by atoms with Gasteiger partial charge >= 0.3 is 19.5 Å². The van der Waals surface area contributed by atoms with Crippen LogP contribution in [0.5, 0.6) is 11.5 Å². The van der Waals surface area contributed by atoms with Crippen LogP contribution in [0.25, 0.3) is 11.2 Å². The van der Waals surface area contributed by atoms with Crippen LogP contribution in [0, 0.1) is 5.92 Å². The summed E-state index contributed by atoms with van der Waals surface area (Å²) in [5, 5.41) is 2.95. The van der Waals surface area contributed by atoms with Gasteiger partial charge in [0, 0.05) is 6.42 Å². The van der Waals surface area contributed by atoms with Crippen LogP contribution in [0.3, 0.4) is 0 Å². The summed E-state index contributed by atoms with van der Waals surface area (Å²) in [7, 11) is -3.88. The first-order valence-corrected chi connectivity index (χ1v) is 22.6. The Morgan fingerprint density at radius 2 is 1.46 bits per heavy atom. The van der Waals surface area contributed by atoms with Crippen molar-refractivity contribution in [2.45, 2.75) is 156 Å². The van der Waals surface area contributed by atoms with Crippen LogP contribution in [0.15, 0.2) is 49.1 Å². The fraction of sp³-hybridized carbons (Fsp3) is 0.643. The number of ether oxygens (including phenoxy) is 3. The third kappa shape index (κ3) is 17.6. The van der Waals surface area contributed by atoms with Gasteiger partial charge in [0.1, 0.15) is 35.7 Å². The molecule has 3 N–H and O–H groups in total. The van der Waals surface area contributed by atoms with Gasteiger partial charge < -0.3 is 29.0 Å². The van der Waals surface area contributed by atoms with Crippen molar-refractivity contribution in [3.05, 3.63) is 49.1 Å². The number of nitrogens with two attached hydrogens (primary N) is 1. The van der Waals surface area contributed by atoms with Crippen molar-refractivity contribution in [3.8, 4) is 11.5 Å². The number of benzene rings is 1. The number of nitrogens with zero attached hydrogens (tertiary/aromatic N) is 4. The number of carbonyl (C=O) groups excluding carboxylic acids is 2. The Bertz CT molecular complexity index is 1650. The van der Waals surface area contributed by atoms with E-state index in [4.69, 9.17) is 24.5 Å². The van der Waals surface area contributed by atoms with E-state index >= 15 is 0 Å². The summed E-state index contributed by atoms with van der Waals surface area (Å²) in [5.41, 5.74) is 6.97. The number of anilines is 1. The van der Waals surface area contributed by atoms with E-state index in [-0.39, 0.29) is 36.4 Å². The second-order valence-electron chi connectivity index (χ2n) is 14.9. The van der Waals surface area contributed by atoms with Crippen molar-refractivity contribution in [1.29, 1.82) is 0 Å². The first-order valence-electron chi connectivity index (χ1n) is 20.8. The van der Waals surface area contributed by atoms with E-state index in [1.54, 1.807) is 35.2 Å². The zero-order chi connectivity index (χ0) is 40.6. The van der Waals surface area contributed by atoms with E-state index in [0.29, 0.717) is 29.9 Å². The first kappa shape index (κ1) is 46.6. The molecule has 0 radical (unpaired) electrons. The highest BCUT2D eigenvalue weighted by atomic mass is 31.2. The number of nitrogen functional groups attached to an aromatic ring is 1. The lowest BCUT2D eigenvalue weighted by atomic mass is 10.1. The predicted molar refractivity (Wildman–Crippen MR) is 223 cm³/mol. The number of aromatic nitrogens is 4. The summed E-state index contributed by atoms with van der Waals surface area (Å²) in [4.78, 5) is 38.2. The van der Waals surface area contributed by atoms with Crippen molar-refractivity contribution in [2.75, 3.05) is 18.7 Å². The number of nitrogens with one attached hydrogen (secondary N) is 1. The third-order valence-electron chi connectivity index (χ3n) is 9.36. The molecule has 0 amide bonds. The monoisotopic (exact) mass is 798 g/mol. The van der Waals surface area contributed by atoms with Gasteiger partial charge in [0.15, 0.2) is 11.5 Å². The van der Waals surface area contributed by atoms with E-state index in [9.17, 15) is 14.2 Å². The number of allylic oxidation sites excluding steroid dienone is 2. The molecule has 3 atom stereocenters. The number of fused-ring (bicyclic) bond motifs is 1. The molecule has 56 heavy (non-hydrogen) atoms. The molecule has 0 saturated heterocycles. The SMILES string of the molecule is CCCCCCCC/C=C\CCCCCCCC(=O)Oc1ccc(OP(=O)(CO[C@H](C)Cn2cnc3c(N)ncnc32)N[C@H](C(=O)OCCCC)C(C)C)cc1. The fourth-order valence-electron chi connectivity index (χ4n) is 6.03. The minimum atomic E-state index is -3.88. The van der Waals surface area contributed by atoms with Crippen molar-refractivity contribution < 1.29 is 32.9 Å². The lowest BCUT2D eigenvalue weighted by molar-refractivity contribution is -0.147. The molecule has 0 aliphatic rings. The molecule has 2 heterocycles. The molecule has 1 unspecified atom stereocenters. The summed E-state index contributed by atoms with van der Waals surface area (Å²) < 4.78 is 39.4. The Morgan fingerprint density at radius 1 is 0.839 bits per heavy atom. The van der Waals surface area contributed by atoms with E-state index in [1.165, 1.54) is 57.7 Å². The second kappa shape index (κ2) is 26.2. The maximum absolute atomic E-state index is 14.5. The number of hydrogen-bond donors (Lipinski definition) is 2. The summed E-state index contributed by atoms with van der Waals surface area (Å²) in [6.45, 7) is 10.3. The van der Waals surface area contributed by atoms with Crippen LogP contribution < -0.4 is 20.1 Å². The first-order chi connectivity index (χ1) is 27.0.